The van der Waals surface area contributed by atoms with Gasteiger partial charge in [0.15, 0.2) is 10.8 Å². The second-order valence-electron chi connectivity index (χ2n) is 4.29. The molecule has 0 radical (unpaired) electrons. The number of carboxylic acids is 1. The minimum absolute atomic E-state index is 0.0632. The van der Waals surface area contributed by atoms with Crippen molar-refractivity contribution in [3.05, 3.63) is 23.0 Å². The zero-order chi connectivity index (χ0) is 13.3. The molecule has 1 aromatic heterocycles. The molecule has 6 nitrogen and oxygen atoms in total. The zero-order valence-electron chi connectivity index (χ0n) is 9.71. The van der Waals surface area contributed by atoms with Gasteiger partial charge in [-0.1, -0.05) is 18.5 Å². The van der Waals surface area contributed by atoms with E-state index in [4.69, 9.17) is 16.7 Å². The first kappa shape index (κ1) is 12.8. The number of carboxylic acid groups (broad SMARTS) is 1. The topological polar surface area (TPSA) is 83.4 Å². The highest BCUT2D eigenvalue weighted by atomic mass is 35.5. The first-order valence-corrected chi connectivity index (χ1v) is 5.91. The highest BCUT2D eigenvalue weighted by Gasteiger charge is 2.40. The fourth-order valence-corrected chi connectivity index (χ4v) is 2.23. The summed E-state index contributed by atoms with van der Waals surface area (Å²) in [6.45, 7) is 2.24. The van der Waals surface area contributed by atoms with Gasteiger partial charge < -0.3 is 10.0 Å². The normalized spacial score (nSPS) is 23.1. The fraction of sp³-hybridized carbons (Fsp3) is 0.455. The molecule has 2 heterocycles. The van der Waals surface area contributed by atoms with E-state index >= 15 is 0 Å². The summed E-state index contributed by atoms with van der Waals surface area (Å²) in [5.74, 6) is -1.47. The fourth-order valence-electron chi connectivity index (χ4n) is 2.13. The average molecular weight is 270 g/mol. The molecule has 2 unspecified atom stereocenters. The molecule has 1 fully saturated rings. The molecule has 1 aliphatic heterocycles. The van der Waals surface area contributed by atoms with Crippen LogP contribution in [0.5, 0.6) is 0 Å². The molecule has 0 aromatic carbocycles. The highest BCUT2D eigenvalue weighted by Crippen LogP contribution is 2.25. The van der Waals surface area contributed by atoms with E-state index in [1.807, 2.05) is 6.92 Å². The van der Waals surface area contributed by atoms with Crippen LogP contribution in [0.4, 0.5) is 0 Å². The summed E-state index contributed by atoms with van der Waals surface area (Å²) in [6, 6.07) is 2.10. The van der Waals surface area contributed by atoms with Crippen LogP contribution in [-0.2, 0) is 4.79 Å². The van der Waals surface area contributed by atoms with Crippen molar-refractivity contribution in [1.29, 1.82) is 0 Å². The van der Waals surface area contributed by atoms with Crippen LogP contribution in [-0.4, -0.2) is 44.7 Å². The standard InChI is InChI=1S/C11H12ClN3O3/c1-6-4-5-15(9(6)11(17)18)10(16)7-2-3-8(12)14-13-7/h2-3,6,9H,4-5H2,1H3,(H,17,18). The van der Waals surface area contributed by atoms with Crippen molar-refractivity contribution in [2.45, 2.75) is 19.4 Å². The third-order valence-electron chi connectivity index (χ3n) is 3.07. The molecular weight excluding hydrogens is 258 g/mol. The number of carbonyl (C=O) groups is 2. The van der Waals surface area contributed by atoms with E-state index in [0.29, 0.717) is 13.0 Å². The lowest BCUT2D eigenvalue weighted by Crippen LogP contribution is -2.43. The lowest BCUT2D eigenvalue weighted by Gasteiger charge is -2.22. The predicted molar refractivity (Wildman–Crippen MR) is 63.3 cm³/mol. The van der Waals surface area contributed by atoms with Gasteiger partial charge in [-0.15, -0.1) is 10.2 Å². The van der Waals surface area contributed by atoms with Gasteiger partial charge in [-0.25, -0.2) is 4.79 Å². The van der Waals surface area contributed by atoms with E-state index in [-0.39, 0.29) is 16.8 Å². The number of likely N-dealkylation sites (tertiary alicyclic amines) is 1. The molecule has 1 aromatic rings. The molecule has 1 aliphatic rings. The molecule has 1 N–H and O–H groups in total. The molecule has 0 aliphatic carbocycles. The van der Waals surface area contributed by atoms with Crippen LogP contribution in [0.3, 0.4) is 0 Å². The second-order valence-corrected chi connectivity index (χ2v) is 4.68. The van der Waals surface area contributed by atoms with Gasteiger partial charge in [0.2, 0.25) is 0 Å². The third-order valence-corrected chi connectivity index (χ3v) is 3.27. The molecule has 0 bridgehead atoms. The van der Waals surface area contributed by atoms with Gasteiger partial charge in [0.25, 0.3) is 5.91 Å². The van der Waals surface area contributed by atoms with E-state index in [9.17, 15) is 9.59 Å². The Labute approximate surface area is 109 Å². The van der Waals surface area contributed by atoms with Gasteiger partial charge in [-0.2, -0.15) is 0 Å². The summed E-state index contributed by atoms with van der Waals surface area (Å²) in [7, 11) is 0. The van der Waals surface area contributed by atoms with Crippen molar-refractivity contribution in [3.63, 3.8) is 0 Å². The number of hydrogen-bond donors (Lipinski definition) is 1. The number of halogens is 1. The Morgan fingerprint density at radius 1 is 1.44 bits per heavy atom. The van der Waals surface area contributed by atoms with Crippen molar-refractivity contribution in [3.8, 4) is 0 Å². The Morgan fingerprint density at radius 2 is 2.17 bits per heavy atom. The van der Waals surface area contributed by atoms with Gasteiger partial charge in [-0.3, -0.25) is 4.79 Å². The lowest BCUT2D eigenvalue weighted by molar-refractivity contribution is -0.142. The zero-order valence-corrected chi connectivity index (χ0v) is 10.5. The second kappa shape index (κ2) is 4.89. The van der Waals surface area contributed by atoms with Crippen molar-refractivity contribution in [2.24, 2.45) is 5.92 Å². The van der Waals surface area contributed by atoms with Crippen molar-refractivity contribution < 1.29 is 14.7 Å². The first-order chi connectivity index (χ1) is 8.50. The van der Waals surface area contributed by atoms with Gasteiger partial charge in [0.1, 0.15) is 6.04 Å². The molecular formula is C11H12ClN3O3. The quantitative estimate of drug-likeness (QED) is 0.868. The summed E-state index contributed by atoms with van der Waals surface area (Å²) in [5.41, 5.74) is 0.111. The lowest BCUT2D eigenvalue weighted by atomic mass is 10.0. The monoisotopic (exact) mass is 269 g/mol. The Morgan fingerprint density at radius 3 is 2.72 bits per heavy atom. The maximum atomic E-state index is 12.1. The minimum atomic E-state index is -0.990. The van der Waals surface area contributed by atoms with E-state index < -0.39 is 17.9 Å². The number of nitrogens with zero attached hydrogens (tertiary/aromatic N) is 3. The SMILES string of the molecule is CC1CCN(C(=O)c2ccc(Cl)nn2)C1C(=O)O. The van der Waals surface area contributed by atoms with Crippen LogP contribution in [0.15, 0.2) is 12.1 Å². The van der Waals surface area contributed by atoms with Crippen LogP contribution >= 0.6 is 11.6 Å². The van der Waals surface area contributed by atoms with Gasteiger partial charge in [0.05, 0.1) is 0 Å². The third kappa shape index (κ3) is 2.28. The number of carbonyl (C=O) groups excluding carboxylic acids is 1. The van der Waals surface area contributed by atoms with Crippen LogP contribution in [0, 0.1) is 5.92 Å². The number of aromatic nitrogens is 2. The smallest absolute Gasteiger partial charge is 0.326 e. The van der Waals surface area contributed by atoms with Crippen LogP contribution < -0.4 is 0 Å². The molecule has 7 heteroatoms. The number of aliphatic carboxylic acids is 1. The van der Waals surface area contributed by atoms with E-state index in [1.165, 1.54) is 17.0 Å². The maximum Gasteiger partial charge on any atom is 0.326 e. The Balaban J connectivity index is 2.23. The van der Waals surface area contributed by atoms with E-state index in [2.05, 4.69) is 10.2 Å². The molecule has 0 spiro atoms. The van der Waals surface area contributed by atoms with Crippen molar-refractivity contribution >= 4 is 23.5 Å². The Bertz CT molecular complexity index is 477. The largest absolute Gasteiger partial charge is 0.480 e. The number of amides is 1. The summed E-state index contributed by atoms with van der Waals surface area (Å²) in [5, 5.41) is 16.6. The minimum Gasteiger partial charge on any atom is -0.480 e. The highest BCUT2D eigenvalue weighted by molar-refractivity contribution is 6.29. The summed E-state index contributed by atoms with van der Waals surface area (Å²) in [6.07, 6.45) is 0.670. The summed E-state index contributed by atoms with van der Waals surface area (Å²) in [4.78, 5) is 24.6. The summed E-state index contributed by atoms with van der Waals surface area (Å²) >= 11 is 5.59. The van der Waals surface area contributed by atoms with Gasteiger partial charge in [-0.05, 0) is 24.5 Å². The van der Waals surface area contributed by atoms with Gasteiger partial charge in [0, 0.05) is 6.54 Å². The summed E-state index contributed by atoms with van der Waals surface area (Å²) < 4.78 is 0. The Hall–Kier alpha value is -1.69. The first-order valence-electron chi connectivity index (χ1n) is 5.53. The van der Waals surface area contributed by atoms with Crippen molar-refractivity contribution in [1.82, 2.24) is 15.1 Å². The average Bonchev–Trinajstić information content (AvgIpc) is 2.71. The molecule has 2 atom stereocenters. The van der Waals surface area contributed by atoms with Crippen LogP contribution in [0.25, 0.3) is 0 Å². The Kier molecular flexibility index (Phi) is 3.47. The maximum absolute atomic E-state index is 12.1. The van der Waals surface area contributed by atoms with Gasteiger partial charge >= 0.3 is 5.97 Å². The molecule has 18 heavy (non-hydrogen) atoms. The number of rotatable bonds is 2. The van der Waals surface area contributed by atoms with Crippen LogP contribution in [0.1, 0.15) is 23.8 Å². The molecule has 96 valence electrons. The molecule has 1 saturated heterocycles. The molecule has 2 rings (SSSR count). The molecule has 1 amide bonds. The predicted octanol–water partition coefficient (Wildman–Crippen LogP) is 1.07. The number of hydrogen-bond acceptors (Lipinski definition) is 4. The van der Waals surface area contributed by atoms with Crippen molar-refractivity contribution in [2.75, 3.05) is 6.54 Å². The van der Waals surface area contributed by atoms with E-state index in [1.54, 1.807) is 0 Å². The van der Waals surface area contributed by atoms with Crippen LogP contribution in [0.2, 0.25) is 5.15 Å². The molecule has 0 saturated carbocycles. The van der Waals surface area contributed by atoms with E-state index in [0.717, 1.165) is 0 Å².